The van der Waals surface area contributed by atoms with Crippen LogP contribution in [0.5, 0.6) is 0 Å². The first-order valence-corrected chi connectivity index (χ1v) is 6.88. The van der Waals surface area contributed by atoms with E-state index in [1.807, 2.05) is 19.9 Å². The summed E-state index contributed by atoms with van der Waals surface area (Å²) in [6.07, 6.45) is 1.05. The Morgan fingerprint density at radius 1 is 1.47 bits per heavy atom. The van der Waals surface area contributed by atoms with E-state index in [1.165, 1.54) is 11.3 Å². The van der Waals surface area contributed by atoms with E-state index in [9.17, 15) is 4.79 Å². The number of para-hydroxylation sites is 1. The van der Waals surface area contributed by atoms with Gasteiger partial charge in [-0.05, 0) is 31.9 Å². The summed E-state index contributed by atoms with van der Waals surface area (Å²) in [6, 6.07) is 8.36. The fourth-order valence-corrected chi connectivity index (χ4v) is 2.29. The van der Waals surface area contributed by atoms with Crippen molar-refractivity contribution in [3.63, 3.8) is 0 Å². The topological polar surface area (TPSA) is 50.4 Å². The van der Waals surface area contributed by atoms with Gasteiger partial charge in [-0.1, -0.05) is 18.2 Å². The maximum atomic E-state index is 11.5. The SMILES string of the molecule is CC(C)OCC(=O)NCCC1CNc2ccccc21. The summed E-state index contributed by atoms with van der Waals surface area (Å²) in [7, 11) is 0. The molecule has 1 heterocycles. The Hall–Kier alpha value is -1.55. The lowest BCUT2D eigenvalue weighted by atomic mass is 9.98. The Morgan fingerprint density at radius 3 is 3.05 bits per heavy atom. The lowest BCUT2D eigenvalue weighted by molar-refractivity contribution is -0.127. The molecule has 0 saturated heterocycles. The summed E-state index contributed by atoms with van der Waals surface area (Å²) in [5, 5.41) is 6.30. The van der Waals surface area contributed by atoms with Crippen LogP contribution in [0.1, 0.15) is 31.7 Å². The molecule has 0 bridgehead atoms. The molecule has 1 aromatic carbocycles. The number of ether oxygens (including phenoxy) is 1. The highest BCUT2D eigenvalue weighted by molar-refractivity contribution is 5.77. The van der Waals surface area contributed by atoms with Crippen molar-refractivity contribution in [1.29, 1.82) is 0 Å². The molecule has 0 saturated carbocycles. The van der Waals surface area contributed by atoms with Crippen molar-refractivity contribution in [2.45, 2.75) is 32.3 Å². The van der Waals surface area contributed by atoms with E-state index in [0.29, 0.717) is 12.5 Å². The van der Waals surface area contributed by atoms with Gasteiger partial charge in [0.25, 0.3) is 0 Å². The van der Waals surface area contributed by atoms with E-state index in [-0.39, 0.29) is 18.6 Å². The molecule has 0 radical (unpaired) electrons. The van der Waals surface area contributed by atoms with Crippen molar-refractivity contribution in [3.8, 4) is 0 Å². The van der Waals surface area contributed by atoms with Crippen LogP contribution in [-0.2, 0) is 9.53 Å². The van der Waals surface area contributed by atoms with Gasteiger partial charge in [0.15, 0.2) is 0 Å². The zero-order valence-electron chi connectivity index (χ0n) is 11.6. The van der Waals surface area contributed by atoms with Gasteiger partial charge in [0.1, 0.15) is 6.61 Å². The lowest BCUT2D eigenvalue weighted by Gasteiger charge is -2.12. The molecule has 2 rings (SSSR count). The number of carbonyl (C=O) groups is 1. The Kier molecular flexibility index (Phi) is 4.80. The molecule has 4 nitrogen and oxygen atoms in total. The Labute approximate surface area is 114 Å². The quantitative estimate of drug-likeness (QED) is 0.825. The number of benzene rings is 1. The zero-order chi connectivity index (χ0) is 13.7. The molecule has 19 heavy (non-hydrogen) atoms. The molecule has 0 aromatic heterocycles. The molecule has 1 atom stereocenters. The molecule has 1 amide bonds. The molecule has 1 aliphatic rings. The maximum Gasteiger partial charge on any atom is 0.246 e. The minimum absolute atomic E-state index is 0.0343. The number of amides is 1. The van der Waals surface area contributed by atoms with Crippen molar-refractivity contribution >= 4 is 11.6 Å². The summed E-state index contributed by atoms with van der Waals surface area (Å²) in [5.74, 6) is 0.454. The van der Waals surface area contributed by atoms with E-state index < -0.39 is 0 Å². The van der Waals surface area contributed by atoms with Crippen LogP contribution in [0.2, 0.25) is 0 Å². The molecule has 4 heteroatoms. The number of anilines is 1. The molecule has 2 N–H and O–H groups in total. The van der Waals surface area contributed by atoms with Crippen LogP contribution >= 0.6 is 0 Å². The summed E-state index contributed by atoms with van der Waals surface area (Å²) >= 11 is 0. The first kappa shape index (κ1) is 13.9. The van der Waals surface area contributed by atoms with E-state index in [0.717, 1.165) is 13.0 Å². The van der Waals surface area contributed by atoms with Crippen LogP contribution in [0.3, 0.4) is 0 Å². The third-order valence-corrected chi connectivity index (χ3v) is 3.30. The van der Waals surface area contributed by atoms with Crippen LogP contribution in [0.4, 0.5) is 5.69 Å². The predicted octanol–water partition coefficient (Wildman–Crippen LogP) is 2.13. The number of nitrogens with one attached hydrogen (secondary N) is 2. The number of carbonyl (C=O) groups excluding carboxylic acids is 1. The molecule has 104 valence electrons. The van der Waals surface area contributed by atoms with Crippen LogP contribution in [0.25, 0.3) is 0 Å². The summed E-state index contributed by atoms with van der Waals surface area (Å²) < 4.78 is 5.26. The first-order chi connectivity index (χ1) is 9.16. The van der Waals surface area contributed by atoms with Gasteiger partial charge in [-0.15, -0.1) is 0 Å². The molecule has 1 aromatic rings. The molecular weight excluding hydrogens is 240 g/mol. The third kappa shape index (κ3) is 3.96. The zero-order valence-corrected chi connectivity index (χ0v) is 11.6. The van der Waals surface area contributed by atoms with Gasteiger partial charge in [-0.25, -0.2) is 0 Å². The second-order valence-corrected chi connectivity index (χ2v) is 5.16. The second-order valence-electron chi connectivity index (χ2n) is 5.16. The van der Waals surface area contributed by atoms with Gasteiger partial charge in [-0.3, -0.25) is 4.79 Å². The molecule has 1 aliphatic heterocycles. The van der Waals surface area contributed by atoms with Gasteiger partial charge in [0, 0.05) is 24.7 Å². The van der Waals surface area contributed by atoms with Crippen LogP contribution in [0.15, 0.2) is 24.3 Å². The van der Waals surface area contributed by atoms with Crippen molar-refractivity contribution in [2.24, 2.45) is 0 Å². The van der Waals surface area contributed by atoms with E-state index in [2.05, 4.69) is 28.8 Å². The maximum absolute atomic E-state index is 11.5. The van der Waals surface area contributed by atoms with E-state index in [4.69, 9.17) is 4.74 Å². The Balaban J connectivity index is 1.71. The summed E-state index contributed by atoms with van der Waals surface area (Å²) in [6.45, 7) is 5.65. The normalized spacial score (nSPS) is 17.1. The predicted molar refractivity (Wildman–Crippen MR) is 76.4 cm³/mol. The minimum atomic E-state index is -0.0343. The molecular formula is C15H22N2O2. The average Bonchev–Trinajstić information content (AvgIpc) is 2.80. The van der Waals surface area contributed by atoms with Gasteiger partial charge < -0.3 is 15.4 Å². The number of rotatable bonds is 6. The van der Waals surface area contributed by atoms with Crippen molar-refractivity contribution in [3.05, 3.63) is 29.8 Å². The monoisotopic (exact) mass is 262 g/mol. The molecule has 0 spiro atoms. The van der Waals surface area contributed by atoms with E-state index in [1.54, 1.807) is 0 Å². The van der Waals surface area contributed by atoms with E-state index >= 15 is 0 Å². The fourth-order valence-electron chi connectivity index (χ4n) is 2.29. The minimum Gasteiger partial charge on any atom is -0.384 e. The summed E-state index contributed by atoms with van der Waals surface area (Å²) in [4.78, 5) is 11.5. The highest BCUT2D eigenvalue weighted by Gasteiger charge is 2.20. The van der Waals surface area contributed by atoms with Gasteiger partial charge in [0.05, 0.1) is 6.10 Å². The van der Waals surface area contributed by atoms with Crippen molar-refractivity contribution in [1.82, 2.24) is 5.32 Å². The summed E-state index contributed by atoms with van der Waals surface area (Å²) in [5.41, 5.74) is 2.58. The fraction of sp³-hybridized carbons (Fsp3) is 0.533. The lowest BCUT2D eigenvalue weighted by Crippen LogP contribution is -2.30. The van der Waals surface area contributed by atoms with Crippen molar-refractivity contribution in [2.75, 3.05) is 25.0 Å². The highest BCUT2D eigenvalue weighted by atomic mass is 16.5. The van der Waals surface area contributed by atoms with Gasteiger partial charge >= 0.3 is 0 Å². The Bertz CT molecular complexity index is 432. The number of hydrogen-bond acceptors (Lipinski definition) is 3. The molecule has 0 fully saturated rings. The number of fused-ring (bicyclic) bond motifs is 1. The number of hydrogen-bond donors (Lipinski definition) is 2. The van der Waals surface area contributed by atoms with Gasteiger partial charge in [-0.2, -0.15) is 0 Å². The van der Waals surface area contributed by atoms with Crippen LogP contribution in [-0.4, -0.2) is 31.7 Å². The first-order valence-electron chi connectivity index (χ1n) is 6.88. The second kappa shape index (κ2) is 6.57. The highest BCUT2D eigenvalue weighted by Crippen LogP contribution is 2.32. The Morgan fingerprint density at radius 2 is 2.26 bits per heavy atom. The average molecular weight is 262 g/mol. The molecule has 1 unspecified atom stereocenters. The van der Waals surface area contributed by atoms with Crippen LogP contribution < -0.4 is 10.6 Å². The standard InChI is InChI=1S/C15H22N2O2/c1-11(2)19-10-15(18)16-8-7-12-9-17-14-6-4-3-5-13(12)14/h3-6,11-12,17H,7-10H2,1-2H3,(H,16,18). The largest absolute Gasteiger partial charge is 0.384 e. The van der Waals surface area contributed by atoms with Crippen molar-refractivity contribution < 1.29 is 9.53 Å². The third-order valence-electron chi connectivity index (χ3n) is 3.30. The molecule has 0 aliphatic carbocycles. The van der Waals surface area contributed by atoms with Crippen LogP contribution in [0, 0.1) is 0 Å². The smallest absolute Gasteiger partial charge is 0.246 e. The van der Waals surface area contributed by atoms with Gasteiger partial charge in [0.2, 0.25) is 5.91 Å².